The second-order valence-electron chi connectivity index (χ2n) is 10.2. The molecule has 1 aliphatic rings. The van der Waals surface area contributed by atoms with Gasteiger partial charge in [0.05, 0.1) is 17.7 Å². The standard InChI is InChI=1S/C24H28F6O5/c1-14(10-21(2,3)4)5-19(32)34-13-22(12-31)11-16(20(33)35-22)6-15-7-17(23(25,26)27)9-18(8-15)24(28,29)30/h6-9,14,31H,5,10-13H2,1-4H3/b16-6-. The van der Waals surface area contributed by atoms with E-state index in [0.717, 1.165) is 12.5 Å². The summed E-state index contributed by atoms with van der Waals surface area (Å²) in [6.45, 7) is 6.65. The zero-order valence-electron chi connectivity index (χ0n) is 19.8. The van der Waals surface area contributed by atoms with Crippen LogP contribution in [-0.4, -0.2) is 35.9 Å². The van der Waals surface area contributed by atoms with Crippen LogP contribution in [0, 0.1) is 11.3 Å². The monoisotopic (exact) mass is 510 g/mol. The van der Waals surface area contributed by atoms with Gasteiger partial charge < -0.3 is 14.6 Å². The highest BCUT2D eigenvalue weighted by Crippen LogP contribution is 2.38. The quantitative estimate of drug-likeness (QED) is 0.286. The summed E-state index contributed by atoms with van der Waals surface area (Å²) >= 11 is 0. The Morgan fingerprint density at radius 3 is 2.11 bits per heavy atom. The van der Waals surface area contributed by atoms with Crippen molar-refractivity contribution < 1.29 is 50.5 Å². The predicted octanol–water partition coefficient (Wildman–Crippen LogP) is 5.79. The number of carbonyl (C=O) groups excluding carboxylic acids is 2. The van der Waals surface area contributed by atoms with Crippen molar-refractivity contribution in [1.29, 1.82) is 0 Å². The normalized spacial score (nSPS) is 21.2. The molecule has 0 aromatic heterocycles. The molecule has 5 nitrogen and oxygen atoms in total. The second kappa shape index (κ2) is 10.2. The van der Waals surface area contributed by atoms with Crippen LogP contribution in [0.2, 0.25) is 0 Å². The molecule has 0 spiro atoms. The van der Waals surface area contributed by atoms with Crippen LogP contribution in [0.3, 0.4) is 0 Å². The third kappa shape index (κ3) is 8.26. The van der Waals surface area contributed by atoms with E-state index in [9.17, 15) is 41.0 Å². The molecular formula is C24H28F6O5. The van der Waals surface area contributed by atoms with Gasteiger partial charge in [-0.25, -0.2) is 4.79 Å². The molecular weight excluding hydrogens is 482 g/mol. The maximum atomic E-state index is 13.1. The van der Waals surface area contributed by atoms with Crippen LogP contribution in [0.5, 0.6) is 0 Å². The van der Waals surface area contributed by atoms with Gasteiger partial charge in [0.15, 0.2) is 5.60 Å². The average Bonchev–Trinajstić information content (AvgIpc) is 2.99. The molecule has 0 aliphatic carbocycles. The van der Waals surface area contributed by atoms with Crippen LogP contribution >= 0.6 is 0 Å². The van der Waals surface area contributed by atoms with Gasteiger partial charge in [-0.15, -0.1) is 0 Å². The Morgan fingerprint density at radius 1 is 1.11 bits per heavy atom. The first-order valence-electron chi connectivity index (χ1n) is 10.8. The van der Waals surface area contributed by atoms with Gasteiger partial charge in [0.2, 0.25) is 0 Å². The van der Waals surface area contributed by atoms with E-state index in [-0.39, 0.29) is 35.8 Å². The largest absolute Gasteiger partial charge is 0.461 e. The van der Waals surface area contributed by atoms with Gasteiger partial charge in [0.1, 0.15) is 6.61 Å². The highest BCUT2D eigenvalue weighted by Gasteiger charge is 2.45. The molecule has 0 saturated carbocycles. The summed E-state index contributed by atoms with van der Waals surface area (Å²) in [4.78, 5) is 24.5. The first kappa shape index (κ1) is 28.7. The average molecular weight is 510 g/mol. The first-order valence-corrected chi connectivity index (χ1v) is 10.8. The number of rotatable bonds is 7. The van der Waals surface area contributed by atoms with Gasteiger partial charge >= 0.3 is 24.3 Å². The van der Waals surface area contributed by atoms with Crippen LogP contribution in [0.15, 0.2) is 23.8 Å². The minimum absolute atomic E-state index is 0.00195. The minimum Gasteiger partial charge on any atom is -0.461 e. The minimum atomic E-state index is -5.04. The van der Waals surface area contributed by atoms with Crippen LogP contribution in [-0.2, 0) is 31.4 Å². The van der Waals surface area contributed by atoms with Crippen LogP contribution in [0.25, 0.3) is 6.08 Å². The molecule has 2 unspecified atom stereocenters. The number of ether oxygens (including phenoxy) is 2. The van der Waals surface area contributed by atoms with Gasteiger partial charge in [-0.05, 0) is 47.6 Å². The van der Waals surface area contributed by atoms with Gasteiger partial charge in [-0.3, -0.25) is 4.79 Å². The number of aliphatic hydroxyl groups excluding tert-OH is 1. The number of esters is 2. The van der Waals surface area contributed by atoms with E-state index in [1.165, 1.54) is 0 Å². The summed E-state index contributed by atoms with van der Waals surface area (Å²) in [6.07, 6.45) is -8.79. The predicted molar refractivity (Wildman–Crippen MR) is 114 cm³/mol. The number of cyclic esters (lactones) is 1. The number of aliphatic hydroxyl groups is 1. The summed E-state index contributed by atoms with van der Waals surface area (Å²) in [7, 11) is 0. The molecule has 0 amide bonds. The third-order valence-corrected chi connectivity index (χ3v) is 5.30. The Labute approximate surface area is 199 Å². The Kier molecular flexibility index (Phi) is 8.36. The zero-order chi connectivity index (χ0) is 26.8. The van der Waals surface area contributed by atoms with E-state index in [1.54, 1.807) is 0 Å². The topological polar surface area (TPSA) is 72.8 Å². The summed E-state index contributed by atoms with van der Waals surface area (Å²) in [5.74, 6) is -1.63. The number of hydrogen-bond acceptors (Lipinski definition) is 5. The fraction of sp³-hybridized carbons (Fsp3) is 0.583. The molecule has 1 heterocycles. The van der Waals surface area contributed by atoms with Crippen molar-refractivity contribution in [2.24, 2.45) is 11.3 Å². The molecule has 1 fully saturated rings. The Hall–Kier alpha value is -2.56. The van der Waals surface area contributed by atoms with Gasteiger partial charge in [-0.2, -0.15) is 26.3 Å². The number of alkyl halides is 6. The molecule has 2 rings (SSSR count). The summed E-state index contributed by atoms with van der Waals surface area (Å²) in [5, 5.41) is 9.77. The van der Waals surface area contributed by atoms with E-state index in [4.69, 9.17) is 9.47 Å². The fourth-order valence-electron chi connectivity index (χ4n) is 3.98. The Bertz CT molecular complexity index is 942. The number of carbonyl (C=O) groups is 2. The third-order valence-electron chi connectivity index (χ3n) is 5.30. The van der Waals surface area contributed by atoms with Crippen LogP contribution < -0.4 is 0 Å². The molecule has 1 aromatic carbocycles. The van der Waals surface area contributed by atoms with Crippen molar-refractivity contribution in [2.75, 3.05) is 13.2 Å². The zero-order valence-corrected chi connectivity index (χ0v) is 19.8. The molecule has 35 heavy (non-hydrogen) atoms. The van der Waals surface area contributed by atoms with Crippen molar-refractivity contribution in [2.45, 2.75) is 64.9 Å². The fourth-order valence-corrected chi connectivity index (χ4v) is 3.98. The lowest BCUT2D eigenvalue weighted by atomic mass is 9.84. The first-order chi connectivity index (χ1) is 15.8. The maximum Gasteiger partial charge on any atom is 0.416 e. The molecule has 11 heteroatoms. The number of hydrogen-bond donors (Lipinski definition) is 1. The van der Waals surface area contributed by atoms with Crippen molar-refractivity contribution >= 4 is 18.0 Å². The summed E-state index contributed by atoms with van der Waals surface area (Å²) < 4.78 is 88.9. The van der Waals surface area contributed by atoms with E-state index >= 15 is 0 Å². The Balaban J connectivity index is 2.21. The number of halogens is 6. The lowest BCUT2D eigenvalue weighted by Gasteiger charge is -2.25. The lowest BCUT2D eigenvalue weighted by molar-refractivity contribution is -0.166. The molecule has 196 valence electrons. The van der Waals surface area contributed by atoms with Crippen molar-refractivity contribution in [1.82, 2.24) is 0 Å². The molecule has 1 aliphatic heterocycles. The van der Waals surface area contributed by atoms with E-state index in [0.29, 0.717) is 12.1 Å². The van der Waals surface area contributed by atoms with Gasteiger partial charge in [0.25, 0.3) is 0 Å². The Morgan fingerprint density at radius 2 is 1.66 bits per heavy atom. The van der Waals surface area contributed by atoms with E-state index in [2.05, 4.69) is 0 Å². The second-order valence-corrected chi connectivity index (χ2v) is 10.2. The van der Waals surface area contributed by atoms with Crippen LogP contribution in [0.1, 0.15) is 63.6 Å². The SMILES string of the molecule is CC(CC(=O)OCC1(CO)C/C(=C/c2cc(C(F)(F)F)cc(C(F)(F)F)c2)C(=O)O1)CC(C)(C)C. The molecule has 1 saturated heterocycles. The molecule has 2 atom stereocenters. The van der Waals surface area contributed by atoms with E-state index in [1.807, 2.05) is 27.7 Å². The summed E-state index contributed by atoms with van der Waals surface area (Å²) in [5.41, 5.74) is -5.53. The van der Waals surface area contributed by atoms with Crippen molar-refractivity contribution in [3.63, 3.8) is 0 Å². The lowest BCUT2D eigenvalue weighted by Crippen LogP contribution is -2.39. The van der Waals surface area contributed by atoms with Crippen LogP contribution in [0.4, 0.5) is 26.3 Å². The van der Waals surface area contributed by atoms with Gasteiger partial charge in [0, 0.05) is 18.4 Å². The number of benzene rings is 1. The maximum absolute atomic E-state index is 13.1. The summed E-state index contributed by atoms with van der Waals surface area (Å²) in [6, 6.07) is 0.934. The molecule has 1 N–H and O–H groups in total. The highest BCUT2D eigenvalue weighted by molar-refractivity contribution is 5.96. The van der Waals surface area contributed by atoms with Crippen molar-refractivity contribution in [3.8, 4) is 0 Å². The molecule has 1 aromatic rings. The van der Waals surface area contributed by atoms with E-state index < -0.39 is 59.8 Å². The molecule has 0 bridgehead atoms. The van der Waals surface area contributed by atoms with Gasteiger partial charge in [-0.1, -0.05) is 27.7 Å². The van der Waals surface area contributed by atoms with Crippen molar-refractivity contribution in [3.05, 3.63) is 40.5 Å². The smallest absolute Gasteiger partial charge is 0.416 e. The highest BCUT2D eigenvalue weighted by atomic mass is 19.4. The molecule has 0 radical (unpaired) electrons.